The summed E-state index contributed by atoms with van der Waals surface area (Å²) in [6.07, 6.45) is 6.62. The van der Waals surface area contributed by atoms with Gasteiger partial charge in [-0.15, -0.1) is 0 Å². The minimum atomic E-state index is -0.623. The van der Waals surface area contributed by atoms with E-state index in [1.165, 1.54) is 45.6 Å². The van der Waals surface area contributed by atoms with E-state index in [4.69, 9.17) is 18.9 Å². The zero-order valence-corrected chi connectivity index (χ0v) is 29.1. The average molecular weight is 727 g/mol. The van der Waals surface area contributed by atoms with E-state index in [-0.39, 0.29) is 63.0 Å². The lowest BCUT2D eigenvalue weighted by atomic mass is 9.97. The number of carbonyl (C=O) groups excluding carboxylic acids is 6. The second kappa shape index (κ2) is 19.3. The Hall–Kier alpha value is -4.96. The molecule has 50 heavy (non-hydrogen) atoms. The van der Waals surface area contributed by atoms with Crippen molar-refractivity contribution in [3.63, 3.8) is 0 Å². The molecule has 0 aromatic heterocycles. The normalized spacial score (nSPS) is 19.8. The summed E-state index contributed by atoms with van der Waals surface area (Å²) in [4.78, 5) is 77.3. The van der Waals surface area contributed by atoms with Gasteiger partial charge in [0.15, 0.2) is 13.2 Å². The van der Waals surface area contributed by atoms with E-state index in [2.05, 4.69) is 10.6 Å². The first-order valence-electron chi connectivity index (χ1n) is 15.5. The van der Waals surface area contributed by atoms with Crippen LogP contribution in [0.5, 0.6) is 11.5 Å². The predicted octanol–water partition coefficient (Wildman–Crippen LogP) is 1.79. The molecule has 2 aromatic carbocycles. The molecule has 2 aliphatic rings. The van der Waals surface area contributed by atoms with Crippen molar-refractivity contribution in [1.82, 2.24) is 20.4 Å². The number of benzene rings is 2. The Morgan fingerprint density at radius 1 is 0.660 bits per heavy atom. The van der Waals surface area contributed by atoms with Gasteiger partial charge in [-0.05, 0) is 24.3 Å². The van der Waals surface area contributed by atoms with Gasteiger partial charge in [-0.2, -0.15) is 0 Å². The summed E-state index contributed by atoms with van der Waals surface area (Å²) in [6.45, 7) is -0.581. The monoisotopic (exact) mass is 726 g/mol. The topological polar surface area (TPSA) is 170 Å². The Labute approximate surface area is 297 Å². The average Bonchev–Trinajstić information content (AvgIpc) is 3.14. The summed E-state index contributed by atoms with van der Waals surface area (Å²) in [7, 11) is 5.00. The molecule has 266 valence electrons. The Morgan fingerprint density at radius 2 is 1.04 bits per heavy atom. The first kappa shape index (κ1) is 37.9. The maximum Gasteiger partial charge on any atom is 0.325 e. The van der Waals surface area contributed by atoms with Crippen LogP contribution in [0.2, 0.25) is 0 Å². The second-order valence-electron chi connectivity index (χ2n) is 10.8. The summed E-state index contributed by atoms with van der Waals surface area (Å²) >= 11 is 0. The molecular weight excluding hydrogens is 689 g/mol. The number of rotatable bonds is 19. The molecule has 2 heterocycles. The molecule has 2 fully saturated rings. The standard InChI is InChI=1S/C34H38N4O10S2/c1-45-29(41)19-37-31(43)25(15-9-17-35-27(39)21-47-23-11-5-3-6-12-23)33(37)49-50-34-26(32(44)38(34)20-30(42)46-2)16-10-18-36-28(40)22-48-24-13-7-4-8-14-24/h3-16,25-26,33-34H,17-22H2,1-2H3,(H,35,39)(H,36,40). The highest BCUT2D eigenvalue weighted by atomic mass is 33.1. The van der Waals surface area contributed by atoms with Crippen LogP contribution in [-0.2, 0) is 38.2 Å². The van der Waals surface area contributed by atoms with E-state index in [0.29, 0.717) is 11.5 Å². The number of amides is 4. The summed E-state index contributed by atoms with van der Waals surface area (Å²) in [5.74, 6) is -2.59. The second-order valence-corrected chi connectivity index (χ2v) is 13.3. The number of methoxy groups -OCH3 is 2. The van der Waals surface area contributed by atoms with Crippen LogP contribution in [0.4, 0.5) is 0 Å². The molecule has 2 aromatic rings. The van der Waals surface area contributed by atoms with Crippen LogP contribution >= 0.6 is 21.6 Å². The summed E-state index contributed by atoms with van der Waals surface area (Å²) in [5.41, 5.74) is 0. The van der Waals surface area contributed by atoms with Crippen molar-refractivity contribution in [2.24, 2.45) is 11.8 Å². The van der Waals surface area contributed by atoms with Gasteiger partial charge < -0.3 is 39.4 Å². The van der Waals surface area contributed by atoms with Crippen molar-refractivity contribution in [2.75, 3.05) is 53.6 Å². The number of β-lactam (4-membered cyclic amide) rings is 2. The van der Waals surface area contributed by atoms with Crippen LogP contribution in [-0.4, -0.2) is 110 Å². The lowest BCUT2D eigenvalue weighted by Gasteiger charge is -2.48. The number of hydrogen-bond donors (Lipinski definition) is 2. The fourth-order valence-corrected chi connectivity index (χ4v) is 8.22. The third-order valence-corrected chi connectivity index (χ3v) is 10.5. The summed E-state index contributed by atoms with van der Waals surface area (Å²) < 4.78 is 20.4. The highest BCUT2D eigenvalue weighted by Crippen LogP contribution is 2.49. The van der Waals surface area contributed by atoms with Crippen LogP contribution in [0.1, 0.15) is 0 Å². The molecular formula is C34H38N4O10S2. The van der Waals surface area contributed by atoms with E-state index in [1.807, 2.05) is 12.1 Å². The third-order valence-electron chi connectivity index (χ3n) is 7.42. The van der Waals surface area contributed by atoms with Crippen LogP contribution in [0.15, 0.2) is 85.0 Å². The van der Waals surface area contributed by atoms with Crippen LogP contribution in [0.3, 0.4) is 0 Å². The minimum absolute atomic E-state index is 0.147. The number of esters is 2. The Morgan fingerprint density at radius 3 is 1.40 bits per heavy atom. The highest BCUT2D eigenvalue weighted by Gasteiger charge is 2.51. The Kier molecular flexibility index (Phi) is 14.6. The largest absolute Gasteiger partial charge is 0.484 e. The van der Waals surface area contributed by atoms with Gasteiger partial charge in [-0.1, -0.05) is 82.3 Å². The van der Waals surface area contributed by atoms with Crippen LogP contribution in [0, 0.1) is 11.8 Å². The zero-order valence-electron chi connectivity index (χ0n) is 27.4. The molecule has 4 amide bonds. The van der Waals surface area contributed by atoms with Gasteiger partial charge in [0.05, 0.1) is 26.1 Å². The van der Waals surface area contributed by atoms with Crippen molar-refractivity contribution in [2.45, 2.75) is 10.7 Å². The first-order valence-corrected chi connectivity index (χ1v) is 17.8. The van der Waals surface area contributed by atoms with Crippen molar-refractivity contribution < 1.29 is 47.7 Å². The van der Waals surface area contributed by atoms with Gasteiger partial charge in [0.1, 0.15) is 35.3 Å². The molecule has 2 aliphatic heterocycles. The van der Waals surface area contributed by atoms with Crippen LogP contribution < -0.4 is 20.1 Å². The van der Waals surface area contributed by atoms with Crippen LogP contribution in [0.25, 0.3) is 0 Å². The number of para-hydroxylation sites is 2. The first-order chi connectivity index (χ1) is 24.2. The number of likely N-dealkylation sites (tertiary alicyclic amines) is 2. The number of nitrogens with one attached hydrogen (secondary N) is 2. The number of ether oxygens (including phenoxy) is 4. The van der Waals surface area contributed by atoms with Crippen molar-refractivity contribution >= 4 is 57.2 Å². The van der Waals surface area contributed by atoms with Crippen molar-refractivity contribution in [1.29, 1.82) is 0 Å². The maximum atomic E-state index is 13.0. The van der Waals surface area contributed by atoms with Crippen molar-refractivity contribution in [3.05, 3.63) is 85.0 Å². The van der Waals surface area contributed by atoms with Crippen molar-refractivity contribution in [3.8, 4) is 11.5 Å². The van der Waals surface area contributed by atoms with Gasteiger partial charge in [0, 0.05) is 13.1 Å². The number of carbonyl (C=O) groups is 6. The summed E-state index contributed by atoms with van der Waals surface area (Å²) in [5, 5.41) is 4.39. The Balaban J connectivity index is 1.32. The maximum absolute atomic E-state index is 13.0. The molecule has 0 bridgehead atoms. The molecule has 4 rings (SSSR count). The van der Waals surface area contributed by atoms with E-state index in [9.17, 15) is 28.8 Å². The molecule has 0 aliphatic carbocycles. The fourth-order valence-electron chi connectivity index (χ4n) is 4.74. The molecule has 4 atom stereocenters. The Bertz CT molecular complexity index is 1440. The smallest absolute Gasteiger partial charge is 0.325 e. The molecule has 2 N–H and O–H groups in total. The summed E-state index contributed by atoms with van der Waals surface area (Å²) in [6, 6.07) is 17.8. The van der Waals surface area contributed by atoms with Gasteiger partial charge in [0.25, 0.3) is 11.8 Å². The van der Waals surface area contributed by atoms with E-state index in [1.54, 1.807) is 72.8 Å². The number of nitrogens with zero attached hydrogens (tertiary/aromatic N) is 2. The minimum Gasteiger partial charge on any atom is -0.484 e. The van der Waals surface area contributed by atoms with E-state index in [0.717, 1.165) is 0 Å². The SMILES string of the molecule is COC(=O)CN1C(=O)C(C=CCNC(=O)COc2ccccc2)C1SSC1C(C=CCNC(=O)COc2ccccc2)C(=O)N1CC(=O)OC. The molecule has 14 nitrogen and oxygen atoms in total. The van der Waals surface area contributed by atoms with Gasteiger partial charge in [-0.25, -0.2) is 0 Å². The number of hydrogen-bond acceptors (Lipinski definition) is 12. The lowest BCUT2D eigenvalue weighted by Crippen LogP contribution is -2.61. The van der Waals surface area contributed by atoms with Gasteiger partial charge >= 0.3 is 11.9 Å². The highest BCUT2D eigenvalue weighted by molar-refractivity contribution is 8.77. The van der Waals surface area contributed by atoms with E-state index >= 15 is 0 Å². The lowest BCUT2D eigenvalue weighted by molar-refractivity contribution is -0.156. The third kappa shape index (κ3) is 10.8. The predicted molar refractivity (Wildman–Crippen MR) is 185 cm³/mol. The molecule has 0 saturated carbocycles. The fraction of sp³-hybridized carbons (Fsp3) is 0.353. The van der Waals surface area contributed by atoms with Gasteiger partial charge in [0.2, 0.25) is 11.8 Å². The van der Waals surface area contributed by atoms with E-state index < -0.39 is 34.5 Å². The molecule has 2 saturated heterocycles. The quantitative estimate of drug-likeness (QED) is 0.0933. The molecule has 4 unspecified atom stereocenters. The zero-order chi connectivity index (χ0) is 35.9. The van der Waals surface area contributed by atoms with Gasteiger partial charge in [-0.3, -0.25) is 28.8 Å². The molecule has 0 radical (unpaired) electrons. The molecule has 0 spiro atoms. The molecule has 16 heteroatoms.